The van der Waals surface area contributed by atoms with Crippen LogP contribution < -0.4 is 5.23 Å². The third-order valence-corrected chi connectivity index (χ3v) is 2.98. The van der Waals surface area contributed by atoms with Crippen LogP contribution in [0.1, 0.15) is 41.5 Å². The maximum atomic E-state index is 12.2. The summed E-state index contributed by atoms with van der Waals surface area (Å²) in [4.78, 5) is 24.4. The van der Waals surface area contributed by atoms with Crippen LogP contribution in [-0.2, 0) is 9.59 Å². The molecule has 5 heteroatoms. The fourth-order valence-electron chi connectivity index (χ4n) is 2.06. The van der Waals surface area contributed by atoms with E-state index in [0.29, 0.717) is 0 Å². The highest BCUT2D eigenvalue weighted by Gasteiger charge is 2.43. The largest absolute Gasteiger partial charge is 0.539 e. The maximum absolute atomic E-state index is 12.2. The first kappa shape index (κ1) is 15.8. The molecule has 0 unspecified atom stereocenters. The lowest BCUT2D eigenvalue weighted by Gasteiger charge is -2.29. The van der Waals surface area contributed by atoms with Gasteiger partial charge in [-0.15, -0.1) is 0 Å². The molecule has 0 atom stereocenters. The zero-order valence-corrected chi connectivity index (χ0v) is 12.2. The molecular formula is C14H20NO4. The van der Waals surface area contributed by atoms with Gasteiger partial charge in [0.1, 0.15) is 0 Å². The second kappa shape index (κ2) is 4.67. The lowest BCUT2D eigenvalue weighted by molar-refractivity contribution is -0.133. The van der Waals surface area contributed by atoms with E-state index in [1.54, 1.807) is 41.5 Å². The molecule has 105 valence electrons. The second-order valence-electron chi connectivity index (χ2n) is 6.75. The van der Waals surface area contributed by atoms with Crippen molar-refractivity contribution < 1.29 is 14.8 Å². The molecule has 1 rings (SSSR count). The number of allylic oxidation sites excluding steroid dienone is 3. The molecular weight excluding hydrogens is 246 g/mol. The summed E-state index contributed by atoms with van der Waals surface area (Å²) in [5.41, 5.74) is -1.15. The quantitative estimate of drug-likeness (QED) is 0.449. The first-order chi connectivity index (χ1) is 8.37. The predicted molar refractivity (Wildman–Crippen MR) is 71.3 cm³/mol. The molecule has 0 bridgehead atoms. The lowest BCUT2D eigenvalue weighted by Crippen LogP contribution is -2.37. The number of carbonyl (C=O) groups excluding carboxylic acids is 2. The average Bonchev–Trinajstić information content (AvgIpc) is 2.17. The van der Waals surface area contributed by atoms with Crippen molar-refractivity contribution in [1.82, 2.24) is 5.23 Å². The van der Waals surface area contributed by atoms with Crippen LogP contribution in [0.5, 0.6) is 0 Å². The van der Waals surface area contributed by atoms with Crippen LogP contribution in [0.15, 0.2) is 22.9 Å². The van der Waals surface area contributed by atoms with Gasteiger partial charge < -0.3 is 5.21 Å². The van der Waals surface area contributed by atoms with Gasteiger partial charge in [0.15, 0.2) is 0 Å². The second-order valence-corrected chi connectivity index (χ2v) is 6.75. The molecule has 0 spiro atoms. The zero-order chi connectivity index (χ0) is 15.2. The van der Waals surface area contributed by atoms with E-state index in [9.17, 15) is 20.0 Å². The van der Waals surface area contributed by atoms with Crippen molar-refractivity contribution in [3.63, 3.8) is 0 Å². The van der Waals surface area contributed by atoms with Gasteiger partial charge in [-0.2, -0.15) is 5.21 Å². The Hall–Kier alpha value is -1.30. The Morgan fingerprint density at radius 1 is 1.00 bits per heavy atom. The smallest absolute Gasteiger partial charge is 0.236 e. The third kappa shape index (κ3) is 3.00. The van der Waals surface area contributed by atoms with Gasteiger partial charge in [0, 0.05) is 16.9 Å². The highest BCUT2D eigenvalue weighted by Crippen LogP contribution is 2.38. The Bertz CT molecular complexity index is 485. The van der Waals surface area contributed by atoms with Crippen molar-refractivity contribution >= 4 is 11.6 Å². The molecule has 0 fully saturated rings. The van der Waals surface area contributed by atoms with Gasteiger partial charge in [-0.1, -0.05) is 41.5 Å². The number of Topliss-reactive ketones (excluding diaryl/α,β-unsaturated/α-hetero) is 2. The number of nitrogens with zero attached hydrogens (tertiary/aromatic N) is 1. The number of hydrogen-bond donors (Lipinski definition) is 1. The first-order valence-corrected chi connectivity index (χ1v) is 6.09. The number of hydrogen-bond acceptors (Lipinski definition) is 5. The summed E-state index contributed by atoms with van der Waals surface area (Å²) >= 11 is 0. The molecule has 0 amide bonds. The zero-order valence-electron chi connectivity index (χ0n) is 12.2. The molecule has 1 aliphatic rings. The summed E-state index contributed by atoms with van der Waals surface area (Å²) < 4.78 is 0. The fraction of sp³-hybridized carbons (Fsp3) is 0.571. The SMILES string of the molecule is CC(C)(C)C1=CC([N+]([O-])O)=C(C(C)(C)C)C(=O)C1=O. The summed E-state index contributed by atoms with van der Waals surface area (Å²) in [5, 5.41) is 20.2. The summed E-state index contributed by atoms with van der Waals surface area (Å²) in [6.07, 6.45) is 1.32. The van der Waals surface area contributed by atoms with Crippen molar-refractivity contribution in [2.45, 2.75) is 41.5 Å². The van der Waals surface area contributed by atoms with Crippen LogP contribution in [-0.4, -0.2) is 16.8 Å². The fourth-order valence-corrected chi connectivity index (χ4v) is 2.06. The molecule has 0 saturated heterocycles. The van der Waals surface area contributed by atoms with Gasteiger partial charge in [0.05, 0.1) is 5.57 Å². The molecule has 1 aliphatic carbocycles. The predicted octanol–water partition coefficient (Wildman–Crippen LogP) is 2.44. The van der Waals surface area contributed by atoms with Crippen LogP contribution in [0.25, 0.3) is 0 Å². The van der Waals surface area contributed by atoms with E-state index in [-0.39, 0.29) is 22.1 Å². The highest BCUT2D eigenvalue weighted by molar-refractivity contribution is 6.50. The number of carbonyl (C=O) groups is 2. The maximum Gasteiger partial charge on any atom is 0.236 e. The monoisotopic (exact) mass is 266 g/mol. The average molecular weight is 266 g/mol. The molecule has 0 aromatic rings. The van der Waals surface area contributed by atoms with E-state index in [1.165, 1.54) is 6.08 Å². The van der Waals surface area contributed by atoms with E-state index in [0.717, 1.165) is 0 Å². The molecule has 1 N–H and O–H groups in total. The normalized spacial score (nSPS) is 18.3. The van der Waals surface area contributed by atoms with Crippen LogP contribution in [0, 0.1) is 16.0 Å². The van der Waals surface area contributed by atoms with E-state index in [2.05, 4.69) is 0 Å². The summed E-state index contributed by atoms with van der Waals surface area (Å²) in [6, 6.07) is 0. The highest BCUT2D eigenvalue weighted by atomic mass is 16.8. The van der Waals surface area contributed by atoms with Crippen molar-refractivity contribution in [1.29, 1.82) is 0 Å². The number of ketones is 2. The first-order valence-electron chi connectivity index (χ1n) is 6.09. The Morgan fingerprint density at radius 2 is 1.47 bits per heavy atom. The molecule has 5 nitrogen and oxygen atoms in total. The molecule has 0 saturated carbocycles. The minimum absolute atomic E-state index is 0.0444. The number of rotatable bonds is 1. The van der Waals surface area contributed by atoms with E-state index in [4.69, 9.17) is 0 Å². The topological polar surface area (TPSA) is 83.3 Å². The van der Waals surface area contributed by atoms with Gasteiger partial charge in [0.2, 0.25) is 17.3 Å². The van der Waals surface area contributed by atoms with Crippen molar-refractivity contribution in [3.8, 4) is 0 Å². The van der Waals surface area contributed by atoms with Crippen molar-refractivity contribution in [2.75, 3.05) is 0 Å². The lowest BCUT2D eigenvalue weighted by atomic mass is 9.73. The van der Waals surface area contributed by atoms with Gasteiger partial charge in [-0.3, -0.25) is 9.59 Å². The van der Waals surface area contributed by atoms with E-state index >= 15 is 0 Å². The van der Waals surface area contributed by atoms with Crippen LogP contribution >= 0.6 is 0 Å². The van der Waals surface area contributed by atoms with Gasteiger partial charge >= 0.3 is 0 Å². The minimum atomic E-state index is -0.718. The standard InChI is InChI=1S/C14H20NO4/c1-13(2,3)8-7-9(15(18)19)10(14(4,5)6)12(17)11(8)16/h7,18H,1-6H3. The van der Waals surface area contributed by atoms with E-state index in [1.807, 2.05) is 0 Å². The van der Waals surface area contributed by atoms with Crippen LogP contribution in [0.3, 0.4) is 0 Å². The van der Waals surface area contributed by atoms with Crippen LogP contribution in [0.4, 0.5) is 0 Å². The summed E-state index contributed by atoms with van der Waals surface area (Å²) in [6.45, 7) is 10.5. The number of hydroxylamine groups is 2. The Kier molecular flexibility index (Phi) is 3.87. The molecule has 1 radical (unpaired) electrons. The molecule has 0 heterocycles. The Labute approximate surface area is 113 Å². The van der Waals surface area contributed by atoms with E-state index < -0.39 is 22.4 Å². The molecule has 19 heavy (non-hydrogen) atoms. The Morgan fingerprint density at radius 3 is 1.79 bits per heavy atom. The van der Waals surface area contributed by atoms with Gasteiger partial charge in [-0.05, 0) is 10.8 Å². The van der Waals surface area contributed by atoms with Crippen molar-refractivity contribution in [2.24, 2.45) is 10.8 Å². The molecule has 0 aliphatic heterocycles. The minimum Gasteiger partial charge on any atom is -0.539 e. The third-order valence-electron chi connectivity index (χ3n) is 2.98. The summed E-state index contributed by atoms with van der Waals surface area (Å²) in [5.74, 6) is -1.33. The molecule has 0 aromatic carbocycles. The van der Waals surface area contributed by atoms with Crippen LogP contribution in [0.2, 0.25) is 0 Å². The molecule has 0 aromatic heterocycles. The van der Waals surface area contributed by atoms with Crippen molar-refractivity contribution in [3.05, 3.63) is 28.1 Å². The summed E-state index contributed by atoms with van der Waals surface area (Å²) in [7, 11) is 0. The van der Waals surface area contributed by atoms with Gasteiger partial charge in [-0.25, -0.2) is 0 Å². The van der Waals surface area contributed by atoms with Gasteiger partial charge in [0.25, 0.3) is 0 Å². The Balaban J connectivity index is 3.60.